The van der Waals surface area contributed by atoms with E-state index in [0.717, 1.165) is 29.4 Å². The van der Waals surface area contributed by atoms with Crippen molar-refractivity contribution >= 4 is 5.82 Å². The molecule has 21 heavy (non-hydrogen) atoms. The molecule has 2 aromatic rings. The molecule has 112 valence electrons. The summed E-state index contributed by atoms with van der Waals surface area (Å²) < 4.78 is 5.99. The Kier molecular flexibility index (Phi) is 4.78. The first kappa shape index (κ1) is 15.3. The van der Waals surface area contributed by atoms with E-state index >= 15 is 0 Å². The van der Waals surface area contributed by atoms with Gasteiger partial charge >= 0.3 is 0 Å². The van der Waals surface area contributed by atoms with Gasteiger partial charge in [-0.3, -0.25) is 0 Å². The lowest BCUT2D eigenvalue weighted by molar-refractivity contribution is 0.452. The number of hydrogen-bond acceptors (Lipinski definition) is 4. The van der Waals surface area contributed by atoms with Crippen molar-refractivity contribution < 1.29 is 4.74 Å². The zero-order valence-electron chi connectivity index (χ0n) is 13.4. The average Bonchev–Trinajstić information content (AvgIpc) is 2.49. The first-order valence-corrected chi connectivity index (χ1v) is 7.38. The summed E-state index contributed by atoms with van der Waals surface area (Å²) in [7, 11) is 1.86. The molecule has 1 aromatic heterocycles. The van der Waals surface area contributed by atoms with Crippen LogP contribution >= 0.6 is 0 Å². The van der Waals surface area contributed by atoms with Gasteiger partial charge in [0.05, 0.1) is 5.56 Å². The van der Waals surface area contributed by atoms with E-state index in [1.165, 1.54) is 5.56 Å². The third kappa shape index (κ3) is 3.51. The molecule has 1 aromatic carbocycles. The number of anilines is 1. The Labute approximate surface area is 126 Å². The number of aromatic nitrogens is 2. The second kappa shape index (κ2) is 6.57. The van der Waals surface area contributed by atoms with Gasteiger partial charge in [0.15, 0.2) is 0 Å². The van der Waals surface area contributed by atoms with Crippen molar-refractivity contribution in [3.63, 3.8) is 0 Å². The molecule has 0 aliphatic carbocycles. The summed E-state index contributed by atoms with van der Waals surface area (Å²) in [6, 6.07) is 8.11. The van der Waals surface area contributed by atoms with E-state index < -0.39 is 0 Å². The molecule has 0 amide bonds. The van der Waals surface area contributed by atoms with Crippen LogP contribution in [0.25, 0.3) is 0 Å². The maximum Gasteiger partial charge on any atom is 0.227 e. The van der Waals surface area contributed by atoms with E-state index in [1.807, 2.05) is 26.1 Å². The lowest BCUT2D eigenvalue weighted by Crippen LogP contribution is -2.06. The number of aryl methyl sites for hydroxylation is 1. The lowest BCUT2D eigenvalue weighted by Gasteiger charge is -2.14. The van der Waals surface area contributed by atoms with Gasteiger partial charge in [-0.2, -0.15) is 4.98 Å². The SMILES string of the molecule is CCc1cccc(Oc2nc(C(C)C)nc(NC)c2C)c1. The summed E-state index contributed by atoms with van der Waals surface area (Å²) in [6.07, 6.45) is 0.985. The van der Waals surface area contributed by atoms with Gasteiger partial charge in [-0.15, -0.1) is 0 Å². The van der Waals surface area contributed by atoms with Gasteiger partial charge in [-0.25, -0.2) is 4.98 Å². The highest BCUT2D eigenvalue weighted by Gasteiger charge is 2.14. The molecule has 0 spiro atoms. The van der Waals surface area contributed by atoms with Crippen LogP contribution in [0.2, 0.25) is 0 Å². The summed E-state index contributed by atoms with van der Waals surface area (Å²) >= 11 is 0. The first-order valence-electron chi connectivity index (χ1n) is 7.38. The molecule has 0 fully saturated rings. The standard InChI is InChI=1S/C17H23N3O/c1-6-13-8-7-9-14(10-13)21-17-12(4)16(18-5)19-15(20-17)11(2)3/h7-11H,6H2,1-5H3,(H,18,19,20). The van der Waals surface area contributed by atoms with Crippen LogP contribution in [-0.4, -0.2) is 17.0 Å². The second-order valence-electron chi connectivity index (χ2n) is 5.37. The number of benzene rings is 1. The maximum absolute atomic E-state index is 5.99. The van der Waals surface area contributed by atoms with Gasteiger partial charge in [0.2, 0.25) is 5.88 Å². The fourth-order valence-electron chi connectivity index (χ4n) is 2.05. The fourth-order valence-corrected chi connectivity index (χ4v) is 2.05. The van der Waals surface area contributed by atoms with E-state index in [4.69, 9.17) is 4.74 Å². The molecule has 1 heterocycles. The van der Waals surface area contributed by atoms with Crippen LogP contribution in [0.5, 0.6) is 11.6 Å². The van der Waals surface area contributed by atoms with Gasteiger partial charge in [0.1, 0.15) is 17.4 Å². The quantitative estimate of drug-likeness (QED) is 0.889. The van der Waals surface area contributed by atoms with Gasteiger partial charge in [-0.05, 0) is 31.0 Å². The van der Waals surface area contributed by atoms with Crippen LogP contribution in [0.4, 0.5) is 5.82 Å². The van der Waals surface area contributed by atoms with Crippen molar-refractivity contribution in [3.05, 3.63) is 41.2 Å². The molecular formula is C17H23N3O. The minimum absolute atomic E-state index is 0.252. The van der Waals surface area contributed by atoms with E-state index in [2.05, 4.69) is 48.2 Å². The van der Waals surface area contributed by atoms with Crippen LogP contribution in [0.15, 0.2) is 24.3 Å². The molecule has 0 saturated heterocycles. The molecule has 4 heteroatoms. The Balaban J connectivity index is 2.40. The van der Waals surface area contributed by atoms with E-state index in [1.54, 1.807) is 0 Å². The topological polar surface area (TPSA) is 47.0 Å². The second-order valence-corrected chi connectivity index (χ2v) is 5.37. The van der Waals surface area contributed by atoms with Crippen molar-refractivity contribution in [1.29, 1.82) is 0 Å². The van der Waals surface area contributed by atoms with Crippen LogP contribution in [0.1, 0.15) is 43.6 Å². The van der Waals surface area contributed by atoms with Crippen molar-refractivity contribution in [2.75, 3.05) is 12.4 Å². The molecule has 0 aliphatic heterocycles. The third-order valence-electron chi connectivity index (χ3n) is 3.39. The Morgan fingerprint density at radius 2 is 2.00 bits per heavy atom. The van der Waals surface area contributed by atoms with Crippen molar-refractivity contribution in [2.24, 2.45) is 0 Å². The monoisotopic (exact) mass is 285 g/mol. The third-order valence-corrected chi connectivity index (χ3v) is 3.39. The molecule has 4 nitrogen and oxygen atoms in total. The summed E-state index contributed by atoms with van der Waals surface area (Å²) in [4.78, 5) is 9.08. The van der Waals surface area contributed by atoms with E-state index in [0.29, 0.717) is 5.88 Å². The van der Waals surface area contributed by atoms with Gasteiger partial charge in [0, 0.05) is 13.0 Å². The smallest absolute Gasteiger partial charge is 0.227 e. The minimum Gasteiger partial charge on any atom is -0.439 e. The van der Waals surface area contributed by atoms with Crippen LogP contribution < -0.4 is 10.1 Å². The highest BCUT2D eigenvalue weighted by atomic mass is 16.5. The summed E-state index contributed by atoms with van der Waals surface area (Å²) in [5.74, 6) is 3.28. The number of nitrogens with one attached hydrogen (secondary N) is 1. The minimum atomic E-state index is 0.252. The summed E-state index contributed by atoms with van der Waals surface area (Å²) in [5.41, 5.74) is 2.17. The lowest BCUT2D eigenvalue weighted by atomic mass is 10.1. The maximum atomic E-state index is 5.99. The highest BCUT2D eigenvalue weighted by Crippen LogP contribution is 2.29. The predicted octanol–water partition coefficient (Wildman–Crippen LogP) is 4.30. The van der Waals surface area contributed by atoms with E-state index in [9.17, 15) is 0 Å². The van der Waals surface area contributed by atoms with Gasteiger partial charge < -0.3 is 10.1 Å². The molecule has 1 N–H and O–H groups in total. The average molecular weight is 285 g/mol. The zero-order valence-corrected chi connectivity index (χ0v) is 13.4. The van der Waals surface area contributed by atoms with Crippen LogP contribution in [0.3, 0.4) is 0 Å². The largest absolute Gasteiger partial charge is 0.439 e. The molecule has 0 radical (unpaired) electrons. The summed E-state index contributed by atoms with van der Waals surface area (Å²) in [6.45, 7) is 8.25. The molecular weight excluding hydrogens is 262 g/mol. The molecule has 0 aliphatic rings. The molecule has 0 unspecified atom stereocenters. The first-order chi connectivity index (χ1) is 10.0. The molecule has 0 atom stereocenters. The van der Waals surface area contributed by atoms with Crippen LogP contribution in [0, 0.1) is 6.92 Å². The number of rotatable bonds is 5. The Hall–Kier alpha value is -2.10. The number of ether oxygens (including phenoxy) is 1. The molecule has 0 bridgehead atoms. The van der Waals surface area contributed by atoms with E-state index in [-0.39, 0.29) is 5.92 Å². The normalized spacial score (nSPS) is 10.8. The molecule has 0 saturated carbocycles. The van der Waals surface area contributed by atoms with Gasteiger partial charge in [-0.1, -0.05) is 32.9 Å². The number of nitrogens with zero attached hydrogens (tertiary/aromatic N) is 2. The molecule has 2 rings (SSSR count). The Morgan fingerprint density at radius 1 is 1.24 bits per heavy atom. The van der Waals surface area contributed by atoms with Crippen molar-refractivity contribution in [2.45, 2.75) is 40.0 Å². The summed E-state index contributed by atoms with van der Waals surface area (Å²) in [5, 5.41) is 3.11. The highest BCUT2D eigenvalue weighted by molar-refractivity contribution is 5.49. The van der Waals surface area contributed by atoms with Crippen molar-refractivity contribution in [1.82, 2.24) is 9.97 Å². The zero-order chi connectivity index (χ0) is 15.4. The van der Waals surface area contributed by atoms with Crippen LogP contribution in [-0.2, 0) is 6.42 Å². The predicted molar refractivity (Wildman–Crippen MR) is 86.3 cm³/mol. The fraction of sp³-hybridized carbons (Fsp3) is 0.412. The Bertz CT molecular complexity index is 623. The number of hydrogen-bond donors (Lipinski definition) is 1. The van der Waals surface area contributed by atoms with Crippen molar-refractivity contribution in [3.8, 4) is 11.6 Å². The van der Waals surface area contributed by atoms with Gasteiger partial charge in [0.25, 0.3) is 0 Å². The Morgan fingerprint density at radius 3 is 2.62 bits per heavy atom.